The SMILES string of the molecule is CCc1nc(C=C2C(=O)Nc3cc(Nc4cccc(NC(=O)Nc5cccc(C(F)(F)F)c5)c4)ccc32)c(C)[nH]1. The summed E-state index contributed by atoms with van der Waals surface area (Å²) in [5.74, 6) is 0.637. The Balaban J connectivity index is 1.27. The Bertz CT molecular complexity index is 1640. The fraction of sp³-hybridized carbons (Fsp3) is 0.138. The Morgan fingerprint density at radius 3 is 2.33 bits per heavy atom. The zero-order chi connectivity index (χ0) is 28.4. The molecule has 3 amide bonds. The smallest absolute Gasteiger partial charge is 0.355 e. The van der Waals surface area contributed by atoms with Gasteiger partial charge in [-0.3, -0.25) is 4.79 Å². The Morgan fingerprint density at radius 1 is 0.950 bits per heavy atom. The number of carbonyl (C=O) groups is 2. The molecule has 40 heavy (non-hydrogen) atoms. The number of aromatic amines is 1. The number of nitrogens with zero attached hydrogens (tertiary/aromatic N) is 1. The maximum atomic E-state index is 12.9. The number of aromatic nitrogens is 2. The molecular formula is C29H25F3N6O2. The number of carbonyl (C=O) groups excluding carboxylic acids is 2. The number of anilines is 5. The van der Waals surface area contributed by atoms with Gasteiger partial charge in [0.25, 0.3) is 5.91 Å². The van der Waals surface area contributed by atoms with Crippen molar-refractivity contribution >= 4 is 52.0 Å². The maximum Gasteiger partial charge on any atom is 0.416 e. The van der Waals surface area contributed by atoms with Crippen LogP contribution in [-0.4, -0.2) is 21.9 Å². The predicted molar refractivity (Wildman–Crippen MR) is 149 cm³/mol. The summed E-state index contributed by atoms with van der Waals surface area (Å²) < 4.78 is 38.8. The summed E-state index contributed by atoms with van der Waals surface area (Å²) in [6.07, 6.45) is -1.97. The molecule has 204 valence electrons. The first kappa shape index (κ1) is 26.5. The van der Waals surface area contributed by atoms with Crippen LogP contribution in [0.25, 0.3) is 11.6 Å². The standard InChI is InChI=1S/C29H25F3N6O2/c1-3-26-33-16(2)24(37-26)15-23-22-11-10-21(14-25(22)38-27(23)39)34-19-8-5-9-20(13-19)36-28(40)35-18-7-4-6-17(12-18)29(30,31)32/h4-15,34H,3H2,1-2H3,(H,33,37)(H,38,39)(H2,35,36,40). The Hall–Kier alpha value is -5.06. The van der Waals surface area contributed by atoms with Crippen LogP contribution >= 0.6 is 0 Å². The van der Waals surface area contributed by atoms with Crippen molar-refractivity contribution < 1.29 is 22.8 Å². The largest absolute Gasteiger partial charge is 0.416 e. The van der Waals surface area contributed by atoms with E-state index in [4.69, 9.17) is 0 Å². The van der Waals surface area contributed by atoms with E-state index in [0.717, 1.165) is 41.3 Å². The molecule has 0 aliphatic carbocycles. The molecule has 1 aliphatic rings. The number of imidazole rings is 1. The molecule has 0 spiro atoms. The number of H-pyrrole nitrogens is 1. The number of amides is 3. The van der Waals surface area contributed by atoms with Crippen molar-refractivity contribution in [2.24, 2.45) is 0 Å². The van der Waals surface area contributed by atoms with Crippen molar-refractivity contribution in [3.05, 3.63) is 95.1 Å². The van der Waals surface area contributed by atoms with Gasteiger partial charge < -0.3 is 26.3 Å². The number of hydrogen-bond acceptors (Lipinski definition) is 4. The van der Waals surface area contributed by atoms with Crippen LogP contribution in [0.15, 0.2) is 66.7 Å². The van der Waals surface area contributed by atoms with E-state index < -0.39 is 17.8 Å². The average Bonchev–Trinajstić information content (AvgIpc) is 3.41. The van der Waals surface area contributed by atoms with Crippen LogP contribution in [0.1, 0.15) is 35.3 Å². The quantitative estimate of drug-likeness (QED) is 0.165. The molecule has 0 radical (unpaired) electrons. The lowest BCUT2D eigenvalue weighted by Gasteiger charge is -2.12. The van der Waals surface area contributed by atoms with Crippen LogP contribution in [0.3, 0.4) is 0 Å². The third kappa shape index (κ3) is 5.83. The predicted octanol–water partition coefficient (Wildman–Crippen LogP) is 7.18. The molecule has 3 aromatic carbocycles. The fourth-order valence-corrected chi connectivity index (χ4v) is 4.31. The van der Waals surface area contributed by atoms with Crippen LogP contribution in [0, 0.1) is 6.92 Å². The van der Waals surface area contributed by atoms with Gasteiger partial charge in [-0.15, -0.1) is 0 Å². The monoisotopic (exact) mass is 546 g/mol. The number of alkyl halides is 3. The van der Waals surface area contributed by atoms with Crippen molar-refractivity contribution in [3.63, 3.8) is 0 Å². The van der Waals surface area contributed by atoms with E-state index in [1.54, 1.807) is 30.3 Å². The highest BCUT2D eigenvalue weighted by Crippen LogP contribution is 2.36. The number of nitrogens with one attached hydrogen (secondary N) is 5. The molecule has 0 saturated carbocycles. The van der Waals surface area contributed by atoms with Crippen molar-refractivity contribution in [2.75, 3.05) is 21.3 Å². The average molecular weight is 547 g/mol. The van der Waals surface area contributed by atoms with Crippen molar-refractivity contribution in [2.45, 2.75) is 26.4 Å². The third-order valence-corrected chi connectivity index (χ3v) is 6.25. The lowest BCUT2D eigenvalue weighted by atomic mass is 10.0. The Labute approximate surface area is 227 Å². The molecule has 2 heterocycles. The van der Waals surface area contributed by atoms with Gasteiger partial charge >= 0.3 is 12.2 Å². The minimum Gasteiger partial charge on any atom is -0.355 e. The minimum atomic E-state index is -4.51. The van der Waals surface area contributed by atoms with E-state index in [9.17, 15) is 22.8 Å². The number of aryl methyl sites for hydroxylation is 2. The number of hydrogen-bond donors (Lipinski definition) is 5. The van der Waals surface area contributed by atoms with E-state index in [2.05, 4.69) is 31.2 Å². The number of halogens is 3. The van der Waals surface area contributed by atoms with Crippen molar-refractivity contribution in [1.82, 2.24) is 9.97 Å². The topological polar surface area (TPSA) is 111 Å². The molecule has 0 bridgehead atoms. The molecule has 8 nitrogen and oxygen atoms in total. The van der Waals surface area contributed by atoms with E-state index in [0.29, 0.717) is 28.3 Å². The van der Waals surface area contributed by atoms with Gasteiger partial charge in [-0.2, -0.15) is 13.2 Å². The van der Waals surface area contributed by atoms with E-state index in [1.807, 2.05) is 32.0 Å². The number of benzene rings is 3. The summed E-state index contributed by atoms with van der Waals surface area (Å²) in [6.45, 7) is 3.92. The second-order valence-corrected chi connectivity index (χ2v) is 9.18. The van der Waals surface area contributed by atoms with Gasteiger partial charge in [0.2, 0.25) is 0 Å². The maximum absolute atomic E-state index is 12.9. The van der Waals surface area contributed by atoms with E-state index in [-0.39, 0.29) is 11.6 Å². The molecule has 1 aliphatic heterocycles. The first-order valence-corrected chi connectivity index (χ1v) is 12.4. The van der Waals surface area contributed by atoms with Crippen LogP contribution in [0.5, 0.6) is 0 Å². The molecule has 4 aromatic rings. The Kier molecular flexibility index (Phi) is 7.03. The molecule has 11 heteroatoms. The molecule has 5 rings (SSSR count). The lowest BCUT2D eigenvalue weighted by molar-refractivity contribution is -0.137. The molecule has 5 N–H and O–H groups in total. The molecule has 0 atom stereocenters. The summed E-state index contributed by atoms with van der Waals surface area (Å²) in [6, 6.07) is 16.0. The highest BCUT2D eigenvalue weighted by atomic mass is 19.4. The number of rotatable bonds is 6. The molecule has 0 unspecified atom stereocenters. The first-order valence-electron chi connectivity index (χ1n) is 12.4. The van der Waals surface area contributed by atoms with Crippen LogP contribution in [-0.2, 0) is 17.4 Å². The van der Waals surface area contributed by atoms with E-state index >= 15 is 0 Å². The Morgan fingerprint density at radius 2 is 1.62 bits per heavy atom. The van der Waals surface area contributed by atoms with E-state index in [1.165, 1.54) is 12.1 Å². The summed E-state index contributed by atoms with van der Waals surface area (Å²) in [7, 11) is 0. The number of fused-ring (bicyclic) bond motifs is 1. The van der Waals surface area contributed by atoms with Gasteiger partial charge in [0, 0.05) is 40.4 Å². The third-order valence-electron chi connectivity index (χ3n) is 6.25. The fourth-order valence-electron chi connectivity index (χ4n) is 4.31. The van der Waals surface area contributed by atoms with Crippen LogP contribution < -0.4 is 21.3 Å². The molecule has 0 saturated heterocycles. The second kappa shape index (κ2) is 10.6. The highest BCUT2D eigenvalue weighted by molar-refractivity contribution is 6.35. The number of urea groups is 1. The van der Waals surface area contributed by atoms with Crippen LogP contribution in [0.4, 0.5) is 46.4 Å². The van der Waals surface area contributed by atoms with Crippen LogP contribution in [0.2, 0.25) is 0 Å². The highest BCUT2D eigenvalue weighted by Gasteiger charge is 2.30. The van der Waals surface area contributed by atoms with Gasteiger partial charge in [-0.25, -0.2) is 9.78 Å². The zero-order valence-electron chi connectivity index (χ0n) is 21.5. The zero-order valence-corrected chi connectivity index (χ0v) is 21.5. The molecule has 1 aromatic heterocycles. The second-order valence-electron chi connectivity index (χ2n) is 9.18. The minimum absolute atomic E-state index is 0.0171. The molecule has 0 fully saturated rings. The summed E-state index contributed by atoms with van der Waals surface area (Å²) in [5.41, 5.74) is 4.49. The van der Waals surface area contributed by atoms with Gasteiger partial charge in [-0.05, 0) is 61.5 Å². The summed E-state index contributed by atoms with van der Waals surface area (Å²) in [5, 5.41) is 11.2. The van der Waals surface area contributed by atoms with Gasteiger partial charge in [0.15, 0.2) is 0 Å². The van der Waals surface area contributed by atoms with Crippen molar-refractivity contribution in [3.8, 4) is 0 Å². The van der Waals surface area contributed by atoms with Gasteiger partial charge in [0.05, 0.1) is 22.5 Å². The van der Waals surface area contributed by atoms with Gasteiger partial charge in [0.1, 0.15) is 5.82 Å². The summed E-state index contributed by atoms with van der Waals surface area (Å²) in [4.78, 5) is 32.8. The normalized spacial score (nSPS) is 13.6. The first-order chi connectivity index (χ1) is 19.1. The van der Waals surface area contributed by atoms with Crippen molar-refractivity contribution in [1.29, 1.82) is 0 Å². The summed E-state index contributed by atoms with van der Waals surface area (Å²) >= 11 is 0. The lowest BCUT2D eigenvalue weighted by Crippen LogP contribution is -2.19. The molecular weight excluding hydrogens is 521 g/mol. The van der Waals surface area contributed by atoms with Gasteiger partial charge in [-0.1, -0.05) is 25.1 Å².